The fourth-order valence-electron chi connectivity index (χ4n) is 2.85. The fraction of sp³-hybridized carbons (Fsp3) is 0.429. The van der Waals surface area contributed by atoms with Crippen LogP contribution in [0, 0.1) is 0 Å². The van der Waals surface area contributed by atoms with Gasteiger partial charge in [0, 0.05) is 12.6 Å². The van der Waals surface area contributed by atoms with Crippen LogP contribution < -0.4 is 9.44 Å². The van der Waals surface area contributed by atoms with Crippen molar-refractivity contribution >= 4 is 20.0 Å². The van der Waals surface area contributed by atoms with Gasteiger partial charge in [-0.1, -0.05) is 50.2 Å². The van der Waals surface area contributed by atoms with E-state index in [0.29, 0.717) is 11.5 Å². The van der Waals surface area contributed by atoms with Crippen molar-refractivity contribution in [2.24, 2.45) is 0 Å². The fourth-order valence-corrected chi connectivity index (χ4v) is 5.30. The van der Waals surface area contributed by atoms with E-state index in [9.17, 15) is 16.8 Å². The van der Waals surface area contributed by atoms with Crippen molar-refractivity contribution < 1.29 is 16.8 Å². The molecule has 2 rings (SSSR count). The van der Waals surface area contributed by atoms with Crippen LogP contribution in [0.3, 0.4) is 0 Å². The molecule has 0 bridgehead atoms. The van der Waals surface area contributed by atoms with Crippen LogP contribution in [0.4, 0.5) is 0 Å². The van der Waals surface area contributed by atoms with Crippen LogP contribution in [-0.4, -0.2) is 22.9 Å². The van der Waals surface area contributed by atoms with E-state index in [-0.39, 0.29) is 23.2 Å². The van der Waals surface area contributed by atoms with Gasteiger partial charge in [0.05, 0.1) is 10.6 Å². The van der Waals surface area contributed by atoms with Gasteiger partial charge in [0.2, 0.25) is 20.0 Å². The van der Waals surface area contributed by atoms with Crippen molar-refractivity contribution in [3.8, 4) is 0 Å². The molecule has 6 nitrogen and oxygen atoms in total. The van der Waals surface area contributed by atoms with Gasteiger partial charge >= 0.3 is 0 Å². The van der Waals surface area contributed by atoms with E-state index in [4.69, 9.17) is 0 Å². The first-order valence-corrected chi connectivity index (χ1v) is 12.8. The molecule has 2 aromatic carbocycles. The van der Waals surface area contributed by atoms with E-state index >= 15 is 0 Å². The highest BCUT2D eigenvalue weighted by Gasteiger charge is 2.15. The Morgan fingerprint density at radius 1 is 0.828 bits per heavy atom. The van der Waals surface area contributed by atoms with Gasteiger partial charge in [-0.05, 0) is 55.0 Å². The lowest BCUT2D eigenvalue weighted by atomic mass is 9.99. The molecule has 0 saturated heterocycles. The normalized spacial score (nSPS) is 13.6. The molecule has 2 N–H and O–H groups in total. The van der Waals surface area contributed by atoms with Crippen LogP contribution in [0.25, 0.3) is 0 Å². The third kappa shape index (κ3) is 7.22. The van der Waals surface area contributed by atoms with Gasteiger partial charge in [0.1, 0.15) is 0 Å². The summed E-state index contributed by atoms with van der Waals surface area (Å²) in [5.74, 6) is 0.275. The first kappa shape index (κ1) is 23.5. The van der Waals surface area contributed by atoms with Crippen molar-refractivity contribution in [3.63, 3.8) is 0 Å². The molecule has 0 aliphatic carbocycles. The van der Waals surface area contributed by atoms with Crippen LogP contribution in [0.15, 0.2) is 53.4 Å². The van der Waals surface area contributed by atoms with Crippen LogP contribution >= 0.6 is 0 Å². The zero-order valence-corrected chi connectivity index (χ0v) is 19.0. The molecule has 160 valence electrons. The summed E-state index contributed by atoms with van der Waals surface area (Å²) in [6.45, 7) is 7.87. The quantitative estimate of drug-likeness (QED) is 0.594. The number of hydrogen-bond acceptors (Lipinski definition) is 4. The highest BCUT2D eigenvalue weighted by atomic mass is 32.2. The monoisotopic (exact) mass is 438 g/mol. The molecule has 0 aromatic heterocycles. The molecule has 0 heterocycles. The van der Waals surface area contributed by atoms with Crippen LogP contribution in [0.2, 0.25) is 0 Å². The molecule has 0 fully saturated rings. The van der Waals surface area contributed by atoms with Crippen molar-refractivity contribution in [1.82, 2.24) is 9.44 Å². The third-order valence-electron chi connectivity index (χ3n) is 4.63. The lowest BCUT2D eigenvalue weighted by Gasteiger charge is -2.11. The molecule has 1 atom stereocenters. The van der Waals surface area contributed by atoms with Gasteiger partial charge in [-0.2, -0.15) is 0 Å². The van der Waals surface area contributed by atoms with E-state index in [1.54, 1.807) is 50.2 Å². The van der Waals surface area contributed by atoms with Gasteiger partial charge in [-0.3, -0.25) is 0 Å². The minimum atomic E-state index is -3.62. The lowest BCUT2D eigenvalue weighted by Crippen LogP contribution is -2.31. The Bertz CT molecular complexity index is 998. The summed E-state index contributed by atoms with van der Waals surface area (Å²) in [5, 5.41) is 0. The largest absolute Gasteiger partial charge is 0.240 e. The number of benzene rings is 2. The van der Waals surface area contributed by atoms with Crippen molar-refractivity contribution in [2.45, 2.75) is 63.3 Å². The summed E-state index contributed by atoms with van der Waals surface area (Å²) in [7, 11) is -7.01. The second-order valence-corrected chi connectivity index (χ2v) is 11.1. The van der Waals surface area contributed by atoms with Gasteiger partial charge < -0.3 is 0 Å². The summed E-state index contributed by atoms with van der Waals surface area (Å²) >= 11 is 0. The molecular formula is C21H30N2O4S2. The highest BCUT2D eigenvalue weighted by molar-refractivity contribution is 7.89. The van der Waals surface area contributed by atoms with Gasteiger partial charge in [0.15, 0.2) is 0 Å². The Morgan fingerprint density at radius 2 is 1.38 bits per heavy atom. The lowest BCUT2D eigenvalue weighted by molar-refractivity contribution is 0.569. The smallest absolute Gasteiger partial charge is 0.212 e. The SMILES string of the molecule is CCC(C)c1ccc(S(=O)(=O)NCc2ccc(CS(=O)(=O)NC(C)C)cc2)cc1. The van der Waals surface area contributed by atoms with E-state index in [0.717, 1.165) is 17.5 Å². The number of sulfonamides is 2. The Kier molecular flexibility index (Phi) is 7.99. The van der Waals surface area contributed by atoms with Crippen molar-refractivity contribution in [1.29, 1.82) is 0 Å². The predicted molar refractivity (Wildman–Crippen MR) is 117 cm³/mol. The molecule has 0 spiro atoms. The molecule has 29 heavy (non-hydrogen) atoms. The van der Waals surface area contributed by atoms with Crippen molar-refractivity contribution in [3.05, 3.63) is 65.2 Å². The van der Waals surface area contributed by atoms with Crippen LogP contribution in [-0.2, 0) is 32.3 Å². The van der Waals surface area contributed by atoms with Gasteiger partial charge in [0.25, 0.3) is 0 Å². The number of hydrogen-bond donors (Lipinski definition) is 2. The van der Waals surface area contributed by atoms with E-state index in [1.807, 2.05) is 12.1 Å². The Morgan fingerprint density at radius 3 is 1.90 bits per heavy atom. The maximum Gasteiger partial charge on any atom is 0.240 e. The Balaban J connectivity index is 2.00. The average molecular weight is 439 g/mol. The van der Waals surface area contributed by atoms with Crippen LogP contribution in [0.1, 0.15) is 56.7 Å². The maximum atomic E-state index is 12.5. The molecule has 0 aliphatic heterocycles. The molecule has 0 aliphatic rings. The zero-order chi connectivity index (χ0) is 21.7. The van der Waals surface area contributed by atoms with E-state index in [1.165, 1.54) is 0 Å². The first-order valence-electron chi connectivity index (χ1n) is 9.70. The minimum Gasteiger partial charge on any atom is -0.212 e. The maximum absolute atomic E-state index is 12.5. The topological polar surface area (TPSA) is 92.3 Å². The van der Waals surface area contributed by atoms with Gasteiger partial charge in [-0.25, -0.2) is 26.3 Å². The first-order chi connectivity index (χ1) is 13.5. The predicted octanol–water partition coefficient (Wildman–Crippen LogP) is 3.51. The molecular weight excluding hydrogens is 408 g/mol. The summed E-state index contributed by atoms with van der Waals surface area (Å²) in [5.41, 5.74) is 2.51. The molecule has 0 saturated carbocycles. The minimum absolute atomic E-state index is 0.111. The third-order valence-corrected chi connectivity index (χ3v) is 7.59. The molecule has 0 amide bonds. The Hall–Kier alpha value is -1.74. The van der Waals surface area contributed by atoms with E-state index in [2.05, 4.69) is 23.3 Å². The second-order valence-electron chi connectivity index (χ2n) is 7.55. The number of nitrogens with one attached hydrogen (secondary N) is 2. The molecule has 1 unspecified atom stereocenters. The Labute approximate surface area is 174 Å². The molecule has 2 aromatic rings. The summed E-state index contributed by atoms with van der Waals surface area (Å²) in [6, 6.07) is 13.6. The van der Waals surface area contributed by atoms with E-state index < -0.39 is 20.0 Å². The van der Waals surface area contributed by atoms with Crippen molar-refractivity contribution in [2.75, 3.05) is 0 Å². The van der Waals surface area contributed by atoms with Gasteiger partial charge in [-0.15, -0.1) is 0 Å². The standard InChI is InChI=1S/C21H30N2O4S2/c1-5-17(4)20-10-12-21(13-11-20)29(26,27)22-14-18-6-8-19(9-7-18)15-28(24,25)23-16(2)3/h6-13,16-17,22-23H,5,14-15H2,1-4H3. The molecule has 0 radical (unpaired) electrons. The highest BCUT2D eigenvalue weighted by Crippen LogP contribution is 2.20. The summed E-state index contributed by atoms with van der Waals surface area (Å²) in [4.78, 5) is 0.229. The number of rotatable bonds is 10. The summed E-state index contributed by atoms with van der Waals surface area (Å²) < 4.78 is 54.1. The second kappa shape index (κ2) is 9.84. The molecule has 8 heteroatoms. The summed E-state index contributed by atoms with van der Waals surface area (Å²) in [6.07, 6.45) is 0.995. The van der Waals surface area contributed by atoms with Crippen LogP contribution in [0.5, 0.6) is 0 Å². The average Bonchev–Trinajstić information content (AvgIpc) is 2.65. The zero-order valence-electron chi connectivity index (χ0n) is 17.3.